The molecular formula is C17H17ClN2O3. The maximum absolute atomic E-state index is 12.3. The van der Waals surface area contributed by atoms with E-state index < -0.39 is 11.6 Å². The van der Waals surface area contributed by atoms with Gasteiger partial charge in [0.2, 0.25) is 0 Å². The Morgan fingerprint density at radius 3 is 2.87 bits per heavy atom. The van der Waals surface area contributed by atoms with Crippen molar-refractivity contribution >= 4 is 23.3 Å². The average Bonchev–Trinajstić information content (AvgIpc) is 2.85. The van der Waals surface area contributed by atoms with Gasteiger partial charge in [0, 0.05) is 18.2 Å². The van der Waals surface area contributed by atoms with Crippen molar-refractivity contribution in [3.05, 3.63) is 53.3 Å². The van der Waals surface area contributed by atoms with E-state index in [2.05, 4.69) is 10.3 Å². The summed E-state index contributed by atoms with van der Waals surface area (Å²) >= 11 is 6.04. The lowest BCUT2D eigenvalue weighted by Gasteiger charge is -2.25. The molecule has 1 N–H and O–H groups in total. The lowest BCUT2D eigenvalue weighted by Crippen LogP contribution is -2.25. The van der Waals surface area contributed by atoms with Gasteiger partial charge in [0.1, 0.15) is 17.4 Å². The Hall–Kier alpha value is -2.27. The number of methoxy groups -OCH3 is 1. The fourth-order valence-corrected chi connectivity index (χ4v) is 3.02. The van der Waals surface area contributed by atoms with Crippen LogP contribution in [-0.2, 0) is 15.1 Å². The standard InChI is InChI=1S/C17H17ClN2O3/c1-17(11-6-3-4-8-14(11)22-2)10-13(16(21)23-17)20-12-7-5-9-19-15(12)18/h3-9,13,20H,10H2,1-2H3. The molecule has 1 aromatic heterocycles. The van der Waals surface area contributed by atoms with E-state index in [1.807, 2.05) is 31.2 Å². The van der Waals surface area contributed by atoms with Crippen molar-refractivity contribution in [1.82, 2.24) is 4.98 Å². The summed E-state index contributed by atoms with van der Waals surface area (Å²) in [7, 11) is 1.60. The second-order valence-electron chi connectivity index (χ2n) is 5.60. The molecule has 0 bridgehead atoms. The van der Waals surface area contributed by atoms with Crippen molar-refractivity contribution in [2.75, 3.05) is 12.4 Å². The molecule has 5 nitrogen and oxygen atoms in total. The first kappa shape index (κ1) is 15.6. The van der Waals surface area contributed by atoms with Crippen LogP contribution in [-0.4, -0.2) is 24.1 Å². The molecule has 23 heavy (non-hydrogen) atoms. The zero-order valence-corrected chi connectivity index (χ0v) is 13.6. The number of carbonyl (C=O) groups excluding carboxylic acids is 1. The lowest BCUT2D eigenvalue weighted by atomic mass is 9.90. The SMILES string of the molecule is COc1ccccc1C1(C)CC(Nc2cccnc2Cl)C(=O)O1. The highest BCUT2D eigenvalue weighted by molar-refractivity contribution is 6.32. The van der Waals surface area contributed by atoms with Crippen molar-refractivity contribution < 1.29 is 14.3 Å². The van der Waals surface area contributed by atoms with E-state index in [1.54, 1.807) is 25.4 Å². The summed E-state index contributed by atoms with van der Waals surface area (Å²) in [4.78, 5) is 16.3. The van der Waals surface area contributed by atoms with E-state index in [0.717, 1.165) is 5.56 Å². The summed E-state index contributed by atoms with van der Waals surface area (Å²) in [6.07, 6.45) is 2.07. The summed E-state index contributed by atoms with van der Waals surface area (Å²) < 4.78 is 11.0. The van der Waals surface area contributed by atoms with Crippen LogP contribution in [0.5, 0.6) is 5.75 Å². The van der Waals surface area contributed by atoms with Gasteiger partial charge in [0.25, 0.3) is 0 Å². The van der Waals surface area contributed by atoms with Crippen molar-refractivity contribution in [2.24, 2.45) is 0 Å². The van der Waals surface area contributed by atoms with Gasteiger partial charge >= 0.3 is 5.97 Å². The number of carbonyl (C=O) groups is 1. The number of benzene rings is 1. The van der Waals surface area contributed by atoms with Gasteiger partial charge in [-0.15, -0.1) is 0 Å². The second kappa shape index (κ2) is 6.08. The Balaban J connectivity index is 1.85. The van der Waals surface area contributed by atoms with Gasteiger partial charge in [-0.05, 0) is 25.1 Å². The number of rotatable bonds is 4. The molecule has 2 heterocycles. The van der Waals surface area contributed by atoms with Crippen LogP contribution in [0.1, 0.15) is 18.9 Å². The van der Waals surface area contributed by atoms with Crippen LogP contribution in [0, 0.1) is 0 Å². The zero-order valence-electron chi connectivity index (χ0n) is 12.9. The van der Waals surface area contributed by atoms with Crippen molar-refractivity contribution in [3.63, 3.8) is 0 Å². The third-order valence-corrected chi connectivity index (χ3v) is 4.27. The number of aromatic nitrogens is 1. The molecular weight excluding hydrogens is 316 g/mol. The second-order valence-corrected chi connectivity index (χ2v) is 5.95. The minimum atomic E-state index is -0.754. The maximum Gasteiger partial charge on any atom is 0.329 e. The molecule has 6 heteroatoms. The van der Waals surface area contributed by atoms with Gasteiger partial charge in [0.15, 0.2) is 5.15 Å². The van der Waals surface area contributed by atoms with Crippen LogP contribution in [0.3, 0.4) is 0 Å². The van der Waals surface area contributed by atoms with Crippen LogP contribution < -0.4 is 10.1 Å². The molecule has 1 aliphatic heterocycles. The van der Waals surface area contributed by atoms with E-state index in [1.165, 1.54) is 0 Å². The fourth-order valence-electron chi connectivity index (χ4n) is 2.85. The van der Waals surface area contributed by atoms with Gasteiger partial charge in [0.05, 0.1) is 12.8 Å². The first-order valence-electron chi connectivity index (χ1n) is 7.27. The third-order valence-electron chi connectivity index (χ3n) is 3.97. The summed E-state index contributed by atoms with van der Waals surface area (Å²) in [6.45, 7) is 1.88. The molecule has 1 aromatic carbocycles. The molecule has 3 rings (SSSR count). The molecule has 1 saturated heterocycles. The van der Waals surface area contributed by atoms with Gasteiger partial charge < -0.3 is 14.8 Å². The quantitative estimate of drug-likeness (QED) is 0.687. The number of hydrogen-bond acceptors (Lipinski definition) is 5. The number of esters is 1. The maximum atomic E-state index is 12.3. The summed E-state index contributed by atoms with van der Waals surface area (Å²) in [6, 6.07) is 10.6. The minimum absolute atomic E-state index is 0.321. The predicted octanol–water partition coefficient (Wildman–Crippen LogP) is 3.39. The number of hydrogen-bond donors (Lipinski definition) is 1. The molecule has 0 saturated carbocycles. The summed E-state index contributed by atoms with van der Waals surface area (Å²) in [5.74, 6) is 0.376. The van der Waals surface area contributed by atoms with Crippen molar-refractivity contribution in [2.45, 2.75) is 25.0 Å². The predicted molar refractivity (Wildman–Crippen MR) is 87.7 cm³/mol. The van der Waals surface area contributed by atoms with Crippen LogP contribution in [0.25, 0.3) is 0 Å². The van der Waals surface area contributed by atoms with Crippen LogP contribution in [0.4, 0.5) is 5.69 Å². The Morgan fingerprint density at radius 1 is 1.35 bits per heavy atom. The molecule has 0 radical (unpaired) electrons. The van der Waals surface area contributed by atoms with Gasteiger partial charge in [-0.25, -0.2) is 9.78 Å². The Labute approximate surface area is 139 Å². The van der Waals surface area contributed by atoms with Gasteiger partial charge in [-0.1, -0.05) is 29.8 Å². The number of ether oxygens (including phenoxy) is 2. The van der Waals surface area contributed by atoms with Crippen LogP contribution in [0.15, 0.2) is 42.6 Å². The van der Waals surface area contributed by atoms with E-state index in [9.17, 15) is 4.79 Å². The molecule has 1 aliphatic rings. The molecule has 0 spiro atoms. The molecule has 2 atom stereocenters. The van der Waals surface area contributed by atoms with E-state index >= 15 is 0 Å². The fraction of sp³-hybridized carbons (Fsp3) is 0.294. The first-order valence-corrected chi connectivity index (χ1v) is 7.65. The Bertz CT molecular complexity index is 737. The normalized spacial score (nSPS) is 23.4. The number of nitrogens with zero attached hydrogens (tertiary/aromatic N) is 1. The Morgan fingerprint density at radius 2 is 2.13 bits per heavy atom. The number of nitrogens with one attached hydrogen (secondary N) is 1. The monoisotopic (exact) mass is 332 g/mol. The number of anilines is 1. The number of pyridine rings is 1. The topological polar surface area (TPSA) is 60.5 Å². The molecule has 0 amide bonds. The van der Waals surface area contributed by atoms with Crippen LogP contribution >= 0.6 is 11.6 Å². The van der Waals surface area contributed by atoms with Gasteiger partial charge in [-0.3, -0.25) is 0 Å². The number of halogens is 1. The smallest absolute Gasteiger partial charge is 0.329 e. The summed E-state index contributed by atoms with van der Waals surface area (Å²) in [5, 5.41) is 3.44. The molecule has 120 valence electrons. The van der Waals surface area contributed by atoms with Crippen molar-refractivity contribution in [1.29, 1.82) is 0 Å². The Kier molecular flexibility index (Phi) is 4.13. The molecule has 1 fully saturated rings. The highest BCUT2D eigenvalue weighted by Gasteiger charge is 2.46. The lowest BCUT2D eigenvalue weighted by molar-refractivity contribution is -0.148. The minimum Gasteiger partial charge on any atom is -0.496 e. The molecule has 2 unspecified atom stereocenters. The average molecular weight is 333 g/mol. The number of para-hydroxylation sites is 1. The molecule has 2 aromatic rings. The highest BCUT2D eigenvalue weighted by atomic mass is 35.5. The third kappa shape index (κ3) is 2.97. The van der Waals surface area contributed by atoms with E-state index in [4.69, 9.17) is 21.1 Å². The molecule has 0 aliphatic carbocycles. The zero-order chi connectivity index (χ0) is 16.4. The highest BCUT2D eigenvalue weighted by Crippen LogP contribution is 2.41. The van der Waals surface area contributed by atoms with Gasteiger partial charge in [-0.2, -0.15) is 0 Å². The van der Waals surface area contributed by atoms with E-state index in [-0.39, 0.29) is 5.97 Å². The van der Waals surface area contributed by atoms with Crippen molar-refractivity contribution in [3.8, 4) is 5.75 Å². The van der Waals surface area contributed by atoms with E-state index in [0.29, 0.717) is 23.0 Å². The van der Waals surface area contributed by atoms with Crippen LogP contribution in [0.2, 0.25) is 5.15 Å². The first-order chi connectivity index (χ1) is 11.0. The number of cyclic esters (lactones) is 1. The summed E-state index contributed by atoms with van der Waals surface area (Å²) in [5.41, 5.74) is 0.702. The largest absolute Gasteiger partial charge is 0.496 e.